The molecule has 0 fully saturated rings. The third-order valence-corrected chi connectivity index (χ3v) is 3.81. The molecule has 1 N–H and O–H groups in total. The predicted molar refractivity (Wildman–Crippen MR) is 85.6 cm³/mol. The molecule has 0 bridgehead atoms. The van der Waals surface area contributed by atoms with Gasteiger partial charge in [0.2, 0.25) is 0 Å². The summed E-state index contributed by atoms with van der Waals surface area (Å²) in [4.78, 5) is 0. The summed E-state index contributed by atoms with van der Waals surface area (Å²) in [5.74, 6) is 0. The van der Waals surface area contributed by atoms with E-state index < -0.39 is 11.7 Å². The van der Waals surface area contributed by atoms with E-state index in [1.165, 1.54) is 0 Å². The number of rotatable bonds is 3. The minimum atomic E-state index is -4.34. The van der Waals surface area contributed by atoms with Crippen LogP contribution in [0.4, 0.5) is 18.9 Å². The molecular formula is C14H10BrF3IN. The van der Waals surface area contributed by atoms with Crippen LogP contribution in [0.2, 0.25) is 0 Å². The maximum absolute atomic E-state index is 12.7. The van der Waals surface area contributed by atoms with Crippen molar-refractivity contribution < 1.29 is 13.2 Å². The molecule has 2 aromatic rings. The van der Waals surface area contributed by atoms with Gasteiger partial charge < -0.3 is 5.32 Å². The van der Waals surface area contributed by atoms with E-state index in [1.54, 1.807) is 6.07 Å². The van der Waals surface area contributed by atoms with E-state index in [9.17, 15) is 13.2 Å². The Hall–Kier alpha value is -0.760. The second kappa shape index (κ2) is 6.34. The summed E-state index contributed by atoms with van der Waals surface area (Å²) >= 11 is 5.30. The largest absolute Gasteiger partial charge is 0.416 e. The van der Waals surface area contributed by atoms with Crippen LogP contribution in [-0.2, 0) is 12.7 Å². The van der Waals surface area contributed by atoms with Gasteiger partial charge in [-0.25, -0.2) is 0 Å². The molecule has 20 heavy (non-hydrogen) atoms. The average Bonchev–Trinajstić information content (AvgIpc) is 2.36. The maximum atomic E-state index is 12.7. The molecule has 0 saturated carbocycles. The lowest BCUT2D eigenvalue weighted by atomic mass is 10.2. The number of benzene rings is 2. The standard InChI is InChI=1S/C14H10BrF3IN/c15-11-5-10(14(16,17)18)6-13(7-11)20-8-9-1-3-12(19)4-2-9/h1-7,20H,8H2. The minimum absolute atomic E-state index is 0.400. The van der Waals surface area contributed by atoms with Crippen molar-refractivity contribution in [1.82, 2.24) is 0 Å². The molecular weight excluding hydrogens is 446 g/mol. The second-order valence-corrected chi connectivity index (χ2v) is 6.37. The van der Waals surface area contributed by atoms with E-state index in [0.29, 0.717) is 16.7 Å². The van der Waals surface area contributed by atoms with Crippen molar-refractivity contribution in [3.63, 3.8) is 0 Å². The number of hydrogen-bond acceptors (Lipinski definition) is 1. The van der Waals surface area contributed by atoms with Gasteiger partial charge in [-0.05, 0) is 58.5 Å². The fourth-order valence-corrected chi connectivity index (χ4v) is 2.51. The molecule has 6 heteroatoms. The third-order valence-electron chi connectivity index (χ3n) is 2.64. The Balaban J connectivity index is 2.13. The maximum Gasteiger partial charge on any atom is 0.416 e. The monoisotopic (exact) mass is 455 g/mol. The van der Waals surface area contributed by atoms with Crippen molar-refractivity contribution in [2.24, 2.45) is 0 Å². The van der Waals surface area contributed by atoms with Gasteiger partial charge in [0.25, 0.3) is 0 Å². The zero-order valence-corrected chi connectivity index (χ0v) is 13.9. The van der Waals surface area contributed by atoms with E-state index in [-0.39, 0.29) is 0 Å². The Bertz CT molecular complexity index is 596. The normalized spacial score (nSPS) is 11.4. The summed E-state index contributed by atoms with van der Waals surface area (Å²) in [6.07, 6.45) is -4.34. The smallest absolute Gasteiger partial charge is 0.381 e. The Morgan fingerprint density at radius 1 is 1.05 bits per heavy atom. The Kier molecular flexibility index (Phi) is 4.95. The van der Waals surface area contributed by atoms with Gasteiger partial charge in [0.05, 0.1) is 5.56 Å². The Labute approximate surface area is 136 Å². The molecule has 0 saturated heterocycles. The van der Waals surface area contributed by atoms with E-state index >= 15 is 0 Å². The summed E-state index contributed by atoms with van der Waals surface area (Å²) in [6, 6.07) is 11.6. The van der Waals surface area contributed by atoms with Crippen LogP contribution in [0.5, 0.6) is 0 Å². The highest BCUT2D eigenvalue weighted by Gasteiger charge is 2.31. The number of alkyl halides is 3. The van der Waals surface area contributed by atoms with Gasteiger partial charge in [-0.15, -0.1) is 0 Å². The lowest BCUT2D eigenvalue weighted by molar-refractivity contribution is -0.137. The van der Waals surface area contributed by atoms with Crippen LogP contribution in [0.3, 0.4) is 0 Å². The zero-order chi connectivity index (χ0) is 14.8. The number of halogens is 5. The Morgan fingerprint density at radius 3 is 2.30 bits per heavy atom. The number of nitrogens with one attached hydrogen (secondary N) is 1. The molecule has 2 aromatic carbocycles. The van der Waals surface area contributed by atoms with Crippen LogP contribution >= 0.6 is 38.5 Å². The molecule has 0 unspecified atom stereocenters. The molecule has 1 nitrogen and oxygen atoms in total. The molecule has 0 aliphatic rings. The second-order valence-electron chi connectivity index (χ2n) is 4.21. The molecule has 0 heterocycles. The SMILES string of the molecule is FC(F)(F)c1cc(Br)cc(NCc2ccc(I)cc2)c1. The number of hydrogen-bond donors (Lipinski definition) is 1. The van der Waals surface area contributed by atoms with Crippen LogP contribution in [0, 0.1) is 3.57 Å². The molecule has 2 rings (SSSR count). The van der Waals surface area contributed by atoms with E-state index in [1.807, 2.05) is 24.3 Å². The van der Waals surface area contributed by atoms with Gasteiger partial charge in [-0.2, -0.15) is 13.2 Å². The zero-order valence-electron chi connectivity index (χ0n) is 10.1. The van der Waals surface area contributed by atoms with Crippen LogP contribution in [-0.4, -0.2) is 0 Å². The van der Waals surface area contributed by atoms with Crippen molar-refractivity contribution in [2.75, 3.05) is 5.32 Å². The third kappa shape index (κ3) is 4.37. The van der Waals surface area contributed by atoms with Crippen LogP contribution in [0.15, 0.2) is 46.9 Å². The van der Waals surface area contributed by atoms with Crippen LogP contribution in [0.25, 0.3) is 0 Å². The van der Waals surface area contributed by atoms with Gasteiger partial charge in [0.15, 0.2) is 0 Å². The summed E-state index contributed by atoms with van der Waals surface area (Å²) in [5, 5.41) is 3.00. The van der Waals surface area contributed by atoms with E-state index in [0.717, 1.165) is 21.3 Å². The first-order chi connectivity index (χ1) is 9.34. The molecule has 0 aliphatic heterocycles. The molecule has 0 amide bonds. The summed E-state index contributed by atoms with van der Waals surface area (Å²) in [5.41, 5.74) is 0.779. The molecule has 106 valence electrons. The van der Waals surface area contributed by atoms with Gasteiger partial charge >= 0.3 is 6.18 Å². The van der Waals surface area contributed by atoms with Gasteiger partial charge in [0, 0.05) is 20.3 Å². The first-order valence-electron chi connectivity index (χ1n) is 5.71. The van der Waals surface area contributed by atoms with Crippen LogP contribution < -0.4 is 5.32 Å². The molecule has 0 spiro atoms. The molecule has 0 aromatic heterocycles. The van der Waals surface area contributed by atoms with Crippen molar-refractivity contribution in [1.29, 1.82) is 0 Å². The van der Waals surface area contributed by atoms with Gasteiger partial charge in [-0.1, -0.05) is 28.1 Å². The minimum Gasteiger partial charge on any atom is -0.381 e. The Morgan fingerprint density at radius 2 is 1.70 bits per heavy atom. The highest BCUT2D eigenvalue weighted by Crippen LogP contribution is 2.33. The molecule has 0 aliphatic carbocycles. The molecule has 0 atom stereocenters. The van der Waals surface area contributed by atoms with Crippen LogP contribution in [0.1, 0.15) is 11.1 Å². The predicted octanol–water partition coefficient (Wildman–Crippen LogP) is 5.68. The van der Waals surface area contributed by atoms with Gasteiger partial charge in [0.1, 0.15) is 0 Å². The average molecular weight is 456 g/mol. The van der Waals surface area contributed by atoms with Crippen molar-refractivity contribution >= 4 is 44.2 Å². The first-order valence-corrected chi connectivity index (χ1v) is 7.58. The van der Waals surface area contributed by atoms with E-state index in [2.05, 4.69) is 43.8 Å². The quantitative estimate of drug-likeness (QED) is 0.586. The lowest BCUT2D eigenvalue weighted by Crippen LogP contribution is -2.07. The summed E-state index contributed by atoms with van der Waals surface area (Å²) < 4.78 is 39.6. The fraction of sp³-hybridized carbons (Fsp3) is 0.143. The van der Waals surface area contributed by atoms with Gasteiger partial charge in [-0.3, -0.25) is 0 Å². The highest BCUT2D eigenvalue weighted by atomic mass is 127. The summed E-state index contributed by atoms with van der Waals surface area (Å²) in [7, 11) is 0. The number of anilines is 1. The molecule has 0 radical (unpaired) electrons. The lowest BCUT2D eigenvalue weighted by Gasteiger charge is -2.12. The highest BCUT2D eigenvalue weighted by molar-refractivity contribution is 14.1. The van der Waals surface area contributed by atoms with Crippen molar-refractivity contribution in [3.05, 3.63) is 61.6 Å². The van der Waals surface area contributed by atoms with E-state index in [4.69, 9.17) is 0 Å². The van der Waals surface area contributed by atoms with Crippen molar-refractivity contribution in [3.8, 4) is 0 Å². The first kappa shape index (κ1) is 15.6. The van der Waals surface area contributed by atoms with Crippen molar-refractivity contribution in [2.45, 2.75) is 12.7 Å². The fourth-order valence-electron chi connectivity index (χ4n) is 1.66. The summed E-state index contributed by atoms with van der Waals surface area (Å²) in [6.45, 7) is 0.477. The topological polar surface area (TPSA) is 12.0 Å².